The van der Waals surface area contributed by atoms with E-state index in [2.05, 4.69) is 16.6 Å². The monoisotopic (exact) mass is 341 g/mol. The first-order valence-corrected chi connectivity index (χ1v) is 9.86. The molecule has 132 valence electrons. The van der Waals surface area contributed by atoms with Crippen molar-refractivity contribution < 1.29 is 9.53 Å². The molecule has 2 aliphatic rings. The van der Waals surface area contributed by atoms with Crippen molar-refractivity contribution in [3.05, 3.63) is 0 Å². The number of ether oxygens (including phenoxy) is 1. The van der Waals surface area contributed by atoms with Crippen LogP contribution in [0.2, 0.25) is 0 Å². The highest BCUT2D eigenvalue weighted by molar-refractivity contribution is 8.00. The van der Waals surface area contributed by atoms with Crippen LogP contribution in [0.25, 0.3) is 0 Å². The van der Waals surface area contributed by atoms with E-state index in [1.807, 2.05) is 32.5 Å². The van der Waals surface area contributed by atoms with Crippen LogP contribution in [-0.4, -0.2) is 59.6 Å². The predicted octanol–water partition coefficient (Wildman–Crippen LogP) is 3.29. The predicted molar refractivity (Wildman–Crippen MR) is 97.4 cm³/mol. The van der Waals surface area contributed by atoms with E-state index in [1.54, 1.807) is 4.90 Å². The third-order valence-corrected chi connectivity index (χ3v) is 5.90. The normalized spacial score (nSPS) is 21.6. The fraction of sp³-hybridized carbons (Fsp3) is 0.882. The summed E-state index contributed by atoms with van der Waals surface area (Å²) >= 11 is 1.97. The van der Waals surface area contributed by atoms with Gasteiger partial charge in [-0.2, -0.15) is 11.8 Å². The number of nitrogens with one attached hydrogen (secondary N) is 1. The number of hydrogen-bond donors (Lipinski definition) is 1. The lowest BCUT2D eigenvalue weighted by Crippen LogP contribution is -2.50. The molecule has 1 fully saturated rings. The molecule has 2 rings (SSSR count). The van der Waals surface area contributed by atoms with Crippen molar-refractivity contribution >= 4 is 23.7 Å². The summed E-state index contributed by atoms with van der Waals surface area (Å²) < 4.78 is 5.79. The minimum atomic E-state index is -0.454. The van der Waals surface area contributed by atoms with E-state index in [0.717, 1.165) is 12.4 Å². The second-order valence-corrected chi connectivity index (χ2v) is 8.81. The molecule has 0 saturated heterocycles. The van der Waals surface area contributed by atoms with Crippen molar-refractivity contribution in [1.82, 2.24) is 10.2 Å². The molecular weight excluding hydrogens is 310 g/mol. The third-order valence-electron chi connectivity index (χ3n) is 4.48. The van der Waals surface area contributed by atoms with Crippen LogP contribution in [-0.2, 0) is 4.74 Å². The standard InChI is InChI=1S/C17H31N3O2S/c1-16(2,3)22-15(21)20-11-10-18-14(12-20)19-13-17(23-4)8-6-5-7-9-17/h5-13H2,1-4H3,(H,18,19). The fourth-order valence-electron chi connectivity index (χ4n) is 3.12. The van der Waals surface area contributed by atoms with Crippen molar-refractivity contribution in [3.8, 4) is 0 Å². The molecule has 1 aliphatic heterocycles. The van der Waals surface area contributed by atoms with Crippen LogP contribution in [0.15, 0.2) is 4.99 Å². The summed E-state index contributed by atoms with van der Waals surface area (Å²) in [7, 11) is 0. The van der Waals surface area contributed by atoms with Gasteiger partial charge in [0.15, 0.2) is 0 Å². The number of thioether (sulfide) groups is 1. The number of amidine groups is 1. The summed E-state index contributed by atoms with van der Waals surface area (Å²) in [5.74, 6) is 0.918. The Morgan fingerprint density at radius 1 is 1.35 bits per heavy atom. The summed E-state index contributed by atoms with van der Waals surface area (Å²) in [6, 6.07) is 0. The molecule has 1 aliphatic carbocycles. The highest BCUT2D eigenvalue weighted by Crippen LogP contribution is 2.37. The topological polar surface area (TPSA) is 53.9 Å². The van der Waals surface area contributed by atoms with E-state index in [4.69, 9.17) is 4.74 Å². The van der Waals surface area contributed by atoms with E-state index < -0.39 is 5.60 Å². The first kappa shape index (κ1) is 18.4. The first-order valence-electron chi connectivity index (χ1n) is 8.64. The summed E-state index contributed by atoms with van der Waals surface area (Å²) in [5.41, 5.74) is -0.454. The van der Waals surface area contributed by atoms with E-state index in [9.17, 15) is 4.79 Å². The molecule has 23 heavy (non-hydrogen) atoms. The average molecular weight is 342 g/mol. The number of aliphatic imine (C=N–C) groups is 1. The molecule has 1 N–H and O–H groups in total. The van der Waals surface area contributed by atoms with Gasteiger partial charge in [0.1, 0.15) is 11.4 Å². The zero-order valence-corrected chi connectivity index (χ0v) is 15.8. The van der Waals surface area contributed by atoms with Crippen molar-refractivity contribution in [2.24, 2.45) is 4.99 Å². The maximum atomic E-state index is 12.2. The Bertz CT molecular complexity index is 440. The van der Waals surface area contributed by atoms with Gasteiger partial charge in [0, 0.05) is 17.8 Å². The van der Waals surface area contributed by atoms with Crippen LogP contribution >= 0.6 is 11.8 Å². The molecule has 1 saturated carbocycles. The molecule has 1 amide bonds. The van der Waals surface area contributed by atoms with E-state index >= 15 is 0 Å². The first-order chi connectivity index (χ1) is 10.8. The Hall–Kier alpha value is -0.910. The molecule has 6 heteroatoms. The Morgan fingerprint density at radius 2 is 2.04 bits per heavy atom. The van der Waals surface area contributed by atoms with Crippen LogP contribution in [0.4, 0.5) is 4.79 Å². The fourth-order valence-corrected chi connectivity index (χ4v) is 4.04. The van der Waals surface area contributed by atoms with Crippen LogP contribution in [0.5, 0.6) is 0 Å². The van der Waals surface area contributed by atoms with Gasteiger partial charge in [0.05, 0.1) is 13.1 Å². The van der Waals surface area contributed by atoms with Gasteiger partial charge in [0.2, 0.25) is 0 Å². The Balaban J connectivity index is 1.86. The van der Waals surface area contributed by atoms with Crippen molar-refractivity contribution in [3.63, 3.8) is 0 Å². The third kappa shape index (κ3) is 5.59. The molecule has 0 aromatic heterocycles. The van der Waals surface area contributed by atoms with Gasteiger partial charge in [-0.05, 0) is 39.9 Å². The minimum absolute atomic E-state index is 0.246. The summed E-state index contributed by atoms with van der Waals surface area (Å²) in [6.45, 7) is 8.43. The highest BCUT2D eigenvalue weighted by Gasteiger charge is 2.32. The zero-order chi connectivity index (χ0) is 16.9. The van der Waals surface area contributed by atoms with Gasteiger partial charge in [-0.3, -0.25) is 9.89 Å². The molecule has 5 nitrogen and oxygen atoms in total. The lowest BCUT2D eigenvalue weighted by atomic mass is 9.88. The van der Waals surface area contributed by atoms with E-state index in [-0.39, 0.29) is 6.09 Å². The quantitative estimate of drug-likeness (QED) is 0.856. The molecule has 0 aromatic rings. The van der Waals surface area contributed by atoms with Crippen LogP contribution < -0.4 is 5.32 Å². The highest BCUT2D eigenvalue weighted by atomic mass is 32.2. The summed E-state index contributed by atoms with van der Waals surface area (Å²) in [6.07, 6.45) is 8.49. The number of rotatable bonds is 3. The molecular formula is C17H31N3O2S. The second kappa shape index (κ2) is 7.77. The van der Waals surface area contributed by atoms with Crippen LogP contribution in [0.1, 0.15) is 52.9 Å². The average Bonchev–Trinajstić information content (AvgIpc) is 2.52. The van der Waals surface area contributed by atoms with Gasteiger partial charge in [-0.25, -0.2) is 4.79 Å². The lowest BCUT2D eigenvalue weighted by Gasteiger charge is -2.37. The summed E-state index contributed by atoms with van der Waals surface area (Å²) in [5, 5.41) is 3.51. The molecule has 1 heterocycles. The maximum absolute atomic E-state index is 12.2. The van der Waals surface area contributed by atoms with Gasteiger partial charge in [0.25, 0.3) is 0 Å². The number of nitrogens with zero attached hydrogens (tertiary/aromatic N) is 2. The van der Waals surface area contributed by atoms with Crippen LogP contribution in [0.3, 0.4) is 0 Å². The Morgan fingerprint density at radius 3 is 2.65 bits per heavy atom. The van der Waals surface area contributed by atoms with Crippen molar-refractivity contribution in [2.75, 3.05) is 32.4 Å². The number of amides is 1. The van der Waals surface area contributed by atoms with Crippen LogP contribution in [0, 0.1) is 0 Å². The van der Waals surface area contributed by atoms with Crippen molar-refractivity contribution in [1.29, 1.82) is 0 Å². The second-order valence-electron chi connectivity index (χ2n) is 7.53. The summed E-state index contributed by atoms with van der Waals surface area (Å²) in [4.78, 5) is 18.5. The van der Waals surface area contributed by atoms with Crippen molar-refractivity contribution in [2.45, 2.75) is 63.2 Å². The van der Waals surface area contributed by atoms with E-state index in [0.29, 0.717) is 24.4 Å². The molecule has 0 spiro atoms. The molecule has 0 bridgehead atoms. The number of hydrogen-bond acceptors (Lipinski definition) is 5. The van der Waals surface area contributed by atoms with Gasteiger partial charge < -0.3 is 10.1 Å². The van der Waals surface area contributed by atoms with Gasteiger partial charge in [-0.1, -0.05) is 19.3 Å². The molecule has 0 atom stereocenters. The number of carbonyl (C=O) groups is 1. The van der Waals surface area contributed by atoms with E-state index in [1.165, 1.54) is 32.1 Å². The Kier molecular flexibility index (Phi) is 6.23. The SMILES string of the molecule is CSC1(CNC2=NCCN(C(=O)OC(C)(C)C)C2)CCCCC1. The Labute approximate surface area is 144 Å². The smallest absolute Gasteiger partial charge is 0.410 e. The minimum Gasteiger partial charge on any atom is -0.444 e. The number of carbonyl (C=O) groups excluding carboxylic acids is 1. The molecule has 0 unspecified atom stereocenters. The largest absolute Gasteiger partial charge is 0.444 e. The zero-order valence-electron chi connectivity index (χ0n) is 15.0. The van der Waals surface area contributed by atoms with Gasteiger partial charge >= 0.3 is 6.09 Å². The van der Waals surface area contributed by atoms with Gasteiger partial charge in [-0.15, -0.1) is 0 Å². The molecule has 0 aromatic carbocycles. The maximum Gasteiger partial charge on any atom is 0.410 e. The molecule has 0 radical (unpaired) electrons. The lowest BCUT2D eigenvalue weighted by molar-refractivity contribution is 0.0276.